The third kappa shape index (κ3) is 1.96. The Hall–Kier alpha value is -0.883. The van der Waals surface area contributed by atoms with Crippen molar-refractivity contribution in [3.63, 3.8) is 0 Å². The highest BCUT2D eigenvalue weighted by Crippen LogP contribution is 2.37. The summed E-state index contributed by atoms with van der Waals surface area (Å²) in [5, 5.41) is 0. The minimum absolute atomic E-state index is 0.308. The maximum Gasteiger partial charge on any atom is 0.423 e. The lowest BCUT2D eigenvalue weighted by atomic mass is 9.97. The number of alkyl halides is 3. The Balaban J connectivity index is 3.01. The molecule has 0 aromatic rings. The van der Waals surface area contributed by atoms with Crippen molar-refractivity contribution in [3.8, 4) is 0 Å². The number of carbonyl (C=O) groups excluding carboxylic acids is 1. The zero-order valence-corrected chi connectivity index (χ0v) is 8.26. The zero-order valence-electron chi connectivity index (χ0n) is 7.26. The SMILES string of the molecule is C[Si]OC1(C(F)(F)F)C=CC(=O)C=C1. The van der Waals surface area contributed by atoms with Gasteiger partial charge >= 0.3 is 6.18 Å². The van der Waals surface area contributed by atoms with Crippen LogP contribution in [0.15, 0.2) is 24.3 Å². The van der Waals surface area contributed by atoms with Crippen molar-refractivity contribution in [2.45, 2.75) is 18.3 Å². The highest BCUT2D eigenvalue weighted by Gasteiger charge is 2.53. The van der Waals surface area contributed by atoms with Crippen molar-refractivity contribution in [1.82, 2.24) is 0 Å². The maximum absolute atomic E-state index is 12.6. The van der Waals surface area contributed by atoms with Gasteiger partial charge in [-0.3, -0.25) is 4.79 Å². The molecular formula is C8H7F3O2Si. The molecule has 0 spiro atoms. The molecule has 0 saturated heterocycles. The maximum atomic E-state index is 12.6. The first-order chi connectivity index (χ1) is 6.41. The molecule has 2 nitrogen and oxygen atoms in total. The van der Waals surface area contributed by atoms with E-state index in [0.29, 0.717) is 0 Å². The lowest BCUT2D eigenvalue weighted by Crippen LogP contribution is -2.46. The molecule has 1 aliphatic rings. The first-order valence-electron chi connectivity index (χ1n) is 3.75. The van der Waals surface area contributed by atoms with E-state index in [-0.39, 0.29) is 9.76 Å². The average molecular weight is 220 g/mol. The van der Waals surface area contributed by atoms with E-state index in [2.05, 4.69) is 4.43 Å². The number of halogens is 3. The predicted molar refractivity (Wildman–Crippen MR) is 44.8 cm³/mol. The molecule has 0 aliphatic heterocycles. The summed E-state index contributed by atoms with van der Waals surface area (Å²) < 4.78 is 42.4. The smallest absolute Gasteiger partial charge is 0.398 e. The highest BCUT2D eigenvalue weighted by atomic mass is 28.2. The molecule has 1 rings (SSSR count). The number of hydrogen-bond acceptors (Lipinski definition) is 2. The first kappa shape index (κ1) is 11.2. The van der Waals surface area contributed by atoms with Crippen LogP contribution in [0.3, 0.4) is 0 Å². The molecule has 0 bridgehead atoms. The van der Waals surface area contributed by atoms with E-state index in [1.54, 1.807) is 0 Å². The Morgan fingerprint density at radius 2 is 1.86 bits per heavy atom. The van der Waals surface area contributed by atoms with Gasteiger partial charge in [0.05, 0.1) is 0 Å². The van der Waals surface area contributed by atoms with Crippen LogP contribution < -0.4 is 0 Å². The Labute approximate surface area is 81.4 Å². The quantitative estimate of drug-likeness (QED) is 0.662. The number of allylic oxidation sites excluding steroid dienone is 2. The Bertz CT molecular complexity index is 277. The standard InChI is InChI=1S/C8H7F3O2Si/c1-14-13-7(8(9,10)11)4-2-6(12)3-5-7/h2-5H,1H3. The largest absolute Gasteiger partial charge is 0.423 e. The van der Waals surface area contributed by atoms with Crippen LogP contribution >= 0.6 is 0 Å². The van der Waals surface area contributed by atoms with Crippen molar-refractivity contribution in [3.05, 3.63) is 24.3 Å². The van der Waals surface area contributed by atoms with Gasteiger partial charge in [-0.2, -0.15) is 13.2 Å². The van der Waals surface area contributed by atoms with Gasteiger partial charge in [0, 0.05) is 0 Å². The van der Waals surface area contributed by atoms with Gasteiger partial charge in [0.25, 0.3) is 0 Å². The minimum atomic E-state index is -4.54. The summed E-state index contributed by atoms with van der Waals surface area (Å²) >= 11 is 0. The topological polar surface area (TPSA) is 26.3 Å². The third-order valence-corrected chi connectivity index (χ3v) is 2.25. The predicted octanol–water partition coefficient (Wildman–Crippen LogP) is 1.67. The molecule has 0 aromatic carbocycles. The number of rotatable bonds is 2. The fraction of sp³-hybridized carbons (Fsp3) is 0.375. The molecule has 76 valence electrons. The van der Waals surface area contributed by atoms with Crippen LogP contribution in [0.4, 0.5) is 13.2 Å². The van der Waals surface area contributed by atoms with E-state index in [1.165, 1.54) is 6.55 Å². The zero-order chi connectivity index (χ0) is 10.8. The van der Waals surface area contributed by atoms with E-state index < -0.39 is 17.6 Å². The highest BCUT2D eigenvalue weighted by molar-refractivity contribution is 6.25. The molecule has 14 heavy (non-hydrogen) atoms. The number of carbonyl (C=O) groups is 1. The Morgan fingerprint density at radius 3 is 2.21 bits per heavy atom. The van der Waals surface area contributed by atoms with Gasteiger partial charge in [0.15, 0.2) is 11.4 Å². The van der Waals surface area contributed by atoms with Crippen LogP contribution in [0, 0.1) is 0 Å². The molecule has 0 fully saturated rings. The Kier molecular flexibility index (Phi) is 2.96. The van der Waals surface area contributed by atoms with Crippen molar-refractivity contribution in [2.75, 3.05) is 0 Å². The summed E-state index contributed by atoms with van der Waals surface area (Å²) in [6, 6.07) is 0. The lowest BCUT2D eigenvalue weighted by molar-refractivity contribution is -0.211. The summed E-state index contributed by atoms with van der Waals surface area (Å²) in [5.74, 6) is -0.465. The van der Waals surface area contributed by atoms with Crippen LogP contribution in [0.1, 0.15) is 0 Å². The van der Waals surface area contributed by atoms with E-state index in [9.17, 15) is 18.0 Å². The van der Waals surface area contributed by atoms with Crippen LogP contribution in [0.5, 0.6) is 0 Å². The van der Waals surface area contributed by atoms with Gasteiger partial charge in [-0.05, 0) is 30.9 Å². The second-order valence-electron chi connectivity index (χ2n) is 2.67. The van der Waals surface area contributed by atoms with Crippen LogP contribution in [0.2, 0.25) is 6.55 Å². The molecule has 0 unspecified atom stereocenters. The van der Waals surface area contributed by atoms with Crippen LogP contribution in [-0.2, 0) is 9.22 Å². The molecule has 0 N–H and O–H groups in total. The molecule has 0 heterocycles. The molecule has 6 heteroatoms. The third-order valence-electron chi connectivity index (χ3n) is 1.70. The normalized spacial score (nSPS) is 20.1. The van der Waals surface area contributed by atoms with E-state index in [1.807, 2.05) is 0 Å². The number of ketones is 1. The summed E-state index contributed by atoms with van der Waals surface area (Å²) in [7, 11) is -0.308. The van der Waals surface area contributed by atoms with Gasteiger partial charge in [-0.25, -0.2) is 0 Å². The summed E-state index contributed by atoms with van der Waals surface area (Å²) in [4.78, 5) is 10.7. The minimum Gasteiger partial charge on any atom is -0.398 e. The van der Waals surface area contributed by atoms with Crippen LogP contribution in [0.25, 0.3) is 0 Å². The molecule has 0 aromatic heterocycles. The molecule has 0 saturated carbocycles. The van der Waals surface area contributed by atoms with E-state index in [0.717, 1.165) is 24.3 Å². The molecule has 0 amide bonds. The summed E-state index contributed by atoms with van der Waals surface area (Å²) in [5.41, 5.74) is -2.42. The van der Waals surface area contributed by atoms with Gasteiger partial charge < -0.3 is 4.43 Å². The molecule has 1 aliphatic carbocycles. The Morgan fingerprint density at radius 1 is 1.36 bits per heavy atom. The van der Waals surface area contributed by atoms with Crippen molar-refractivity contribution in [2.24, 2.45) is 0 Å². The van der Waals surface area contributed by atoms with Crippen LogP contribution in [-0.4, -0.2) is 27.3 Å². The summed E-state index contributed by atoms with van der Waals surface area (Å²) in [6.45, 7) is 1.49. The number of hydrogen-bond donors (Lipinski definition) is 0. The van der Waals surface area contributed by atoms with Gasteiger partial charge in [-0.15, -0.1) is 0 Å². The average Bonchev–Trinajstić information content (AvgIpc) is 2.07. The van der Waals surface area contributed by atoms with Gasteiger partial charge in [-0.1, -0.05) is 0 Å². The molecule has 0 atom stereocenters. The van der Waals surface area contributed by atoms with Crippen molar-refractivity contribution >= 4 is 15.5 Å². The van der Waals surface area contributed by atoms with Crippen molar-refractivity contribution < 1.29 is 22.4 Å². The van der Waals surface area contributed by atoms with E-state index >= 15 is 0 Å². The molecule has 2 radical (unpaired) electrons. The fourth-order valence-electron chi connectivity index (χ4n) is 1.01. The monoisotopic (exact) mass is 220 g/mol. The van der Waals surface area contributed by atoms with Crippen molar-refractivity contribution in [1.29, 1.82) is 0 Å². The first-order valence-corrected chi connectivity index (χ1v) is 5.16. The van der Waals surface area contributed by atoms with Gasteiger partial charge in [0.1, 0.15) is 0 Å². The lowest BCUT2D eigenvalue weighted by Gasteiger charge is -2.31. The summed E-state index contributed by atoms with van der Waals surface area (Å²) in [6.07, 6.45) is -1.32. The van der Waals surface area contributed by atoms with E-state index in [4.69, 9.17) is 0 Å². The fourth-order valence-corrected chi connectivity index (χ4v) is 1.60. The molecular weight excluding hydrogens is 213 g/mol. The second kappa shape index (κ2) is 3.70. The van der Waals surface area contributed by atoms with Gasteiger partial charge in [0.2, 0.25) is 9.76 Å². The second-order valence-corrected chi connectivity index (χ2v) is 3.28.